The van der Waals surface area contributed by atoms with Crippen molar-refractivity contribution >= 4 is 29.1 Å². The average molecular weight is 298 g/mol. The highest BCUT2D eigenvalue weighted by Gasteiger charge is 2.15. The number of aromatic hydroxyl groups is 1. The summed E-state index contributed by atoms with van der Waals surface area (Å²) in [6, 6.07) is 11.4. The molecule has 0 aliphatic carbocycles. The van der Waals surface area contributed by atoms with Crippen molar-refractivity contribution in [1.82, 2.24) is 5.48 Å². The van der Waals surface area contributed by atoms with Crippen LogP contribution in [0.5, 0.6) is 11.5 Å². The van der Waals surface area contributed by atoms with E-state index in [1.54, 1.807) is 24.3 Å². The predicted molar refractivity (Wildman–Crippen MR) is 72.7 cm³/mol. The molecule has 2 rings (SSSR count). The van der Waals surface area contributed by atoms with Crippen LogP contribution in [0.4, 0.5) is 0 Å². The minimum atomic E-state index is -0.559. The van der Waals surface area contributed by atoms with Crippen LogP contribution in [0.15, 0.2) is 42.5 Å². The fraction of sp³-hybridized carbons (Fsp3) is 0. The van der Waals surface area contributed by atoms with Gasteiger partial charge in [-0.3, -0.25) is 4.79 Å². The normalized spacial score (nSPS) is 10.0. The first kappa shape index (κ1) is 13.5. The number of amides is 1. The van der Waals surface area contributed by atoms with Gasteiger partial charge in [0.15, 0.2) is 5.75 Å². The van der Waals surface area contributed by atoms with Crippen molar-refractivity contribution in [1.29, 1.82) is 0 Å². The molecule has 2 aromatic carbocycles. The number of phenols is 1. The van der Waals surface area contributed by atoms with E-state index in [0.29, 0.717) is 5.75 Å². The van der Waals surface area contributed by atoms with Crippen molar-refractivity contribution in [2.75, 3.05) is 0 Å². The maximum absolute atomic E-state index is 11.8. The Morgan fingerprint density at radius 3 is 2.42 bits per heavy atom. The molecule has 0 heterocycles. The molecule has 6 heteroatoms. The van der Waals surface area contributed by atoms with Crippen LogP contribution in [0.2, 0.25) is 10.0 Å². The van der Waals surface area contributed by atoms with Crippen molar-refractivity contribution < 1.29 is 14.7 Å². The summed E-state index contributed by atoms with van der Waals surface area (Å²) in [5.41, 5.74) is 2.35. The lowest BCUT2D eigenvalue weighted by molar-refractivity contribution is 0.0760. The van der Waals surface area contributed by atoms with Gasteiger partial charge in [0.05, 0.1) is 10.6 Å². The number of hydrogen-bond donors (Lipinski definition) is 2. The van der Waals surface area contributed by atoms with Gasteiger partial charge in [0.2, 0.25) is 0 Å². The molecule has 0 bridgehead atoms. The van der Waals surface area contributed by atoms with Crippen molar-refractivity contribution in [2.45, 2.75) is 0 Å². The van der Waals surface area contributed by atoms with E-state index >= 15 is 0 Å². The SMILES string of the molecule is O=C(NOc1ccccc1)c1ccc(O)c(Cl)c1Cl. The predicted octanol–water partition coefficient (Wildman–Crippen LogP) is 3.42. The summed E-state index contributed by atoms with van der Waals surface area (Å²) >= 11 is 11.6. The van der Waals surface area contributed by atoms with Gasteiger partial charge in [0, 0.05) is 0 Å². The summed E-state index contributed by atoms with van der Waals surface area (Å²) in [6.07, 6.45) is 0. The van der Waals surface area contributed by atoms with Crippen LogP contribution in [-0.4, -0.2) is 11.0 Å². The molecule has 0 atom stereocenters. The maximum atomic E-state index is 11.8. The molecule has 0 saturated carbocycles. The first-order chi connectivity index (χ1) is 9.09. The Bertz CT molecular complexity index is 602. The molecule has 19 heavy (non-hydrogen) atoms. The van der Waals surface area contributed by atoms with E-state index in [9.17, 15) is 9.90 Å². The van der Waals surface area contributed by atoms with Gasteiger partial charge in [0.1, 0.15) is 10.8 Å². The van der Waals surface area contributed by atoms with E-state index in [1.165, 1.54) is 12.1 Å². The second-order valence-corrected chi connectivity index (χ2v) is 4.36. The Hall–Kier alpha value is -1.91. The number of nitrogens with one attached hydrogen (secondary N) is 1. The minimum Gasteiger partial charge on any atom is -0.506 e. The van der Waals surface area contributed by atoms with Crippen LogP contribution in [-0.2, 0) is 0 Å². The monoisotopic (exact) mass is 297 g/mol. The molecule has 0 fully saturated rings. The largest absolute Gasteiger partial charge is 0.506 e. The number of phenolic OH excluding ortho intramolecular Hbond substituents is 1. The molecule has 1 amide bonds. The third-order valence-electron chi connectivity index (χ3n) is 2.31. The number of carbonyl (C=O) groups excluding carboxylic acids is 1. The zero-order valence-electron chi connectivity index (χ0n) is 9.56. The number of halogens is 2. The van der Waals surface area contributed by atoms with Gasteiger partial charge in [-0.05, 0) is 24.3 Å². The van der Waals surface area contributed by atoms with Gasteiger partial charge >= 0.3 is 0 Å². The molecule has 2 aromatic rings. The third-order valence-corrected chi connectivity index (χ3v) is 3.18. The fourth-order valence-electron chi connectivity index (χ4n) is 1.36. The molecule has 0 aromatic heterocycles. The van der Waals surface area contributed by atoms with E-state index in [0.717, 1.165) is 0 Å². The van der Waals surface area contributed by atoms with Crippen LogP contribution in [0.25, 0.3) is 0 Å². The molecule has 2 N–H and O–H groups in total. The summed E-state index contributed by atoms with van der Waals surface area (Å²) in [6.45, 7) is 0. The molecule has 4 nitrogen and oxygen atoms in total. The van der Waals surface area contributed by atoms with Crippen LogP contribution >= 0.6 is 23.2 Å². The molecule has 0 aliphatic heterocycles. The number of hydrogen-bond acceptors (Lipinski definition) is 3. The highest BCUT2D eigenvalue weighted by molar-refractivity contribution is 6.44. The zero-order valence-corrected chi connectivity index (χ0v) is 11.1. The van der Waals surface area contributed by atoms with Crippen molar-refractivity contribution in [2.24, 2.45) is 0 Å². The summed E-state index contributed by atoms with van der Waals surface area (Å²) in [5.74, 6) is -0.264. The fourth-order valence-corrected chi connectivity index (χ4v) is 1.77. The van der Waals surface area contributed by atoms with E-state index in [4.69, 9.17) is 28.0 Å². The van der Waals surface area contributed by atoms with Crippen molar-refractivity contribution in [3.05, 3.63) is 58.1 Å². The first-order valence-corrected chi connectivity index (χ1v) is 6.04. The summed E-state index contributed by atoms with van der Waals surface area (Å²) in [5, 5.41) is 9.23. The topological polar surface area (TPSA) is 58.6 Å². The van der Waals surface area contributed by atoms with Gasteiger partial charge < -0.3 is 9.94 Å². The second kappa shape index (κ2) is 5.82. The highest BCUT2D eigenvalue weighted by atomic mass is 35.5. The second-order valence-electron chi connectivity index (χ2n) is 3.61. The van der Waals surface area contributed by atoms with Crippen LogP contribution in [0, 0.1) is 0 Å². The van der Waals surface area contributed by atoms with E-state index in [2.05, 4.69) is 5.48 Å². The lowest BCUT2D eigenvalue weighted by atomic mass is 10.2. The highest BCUT2D eigenvalue weighted by Crippen LogP contribution is 2.33. The van der Waals surface area contributed by atoms with Gasteiger partial charge in [-0.2, -0.15) is 5.48 Å². The molecular weight excluding hydrogens is 289 g/mol. The molecule has 0 radical (unpaired) electrons. The number of para-hydroxylation sites is 1. The van der Waals surface area contributed by atoms with Crippen molar-refractivity contribution in [3.63, 3.8) is 0 Å². The molecule has 0 aliphatic rings. The summed E-state index contributed by atoms with van der Waals surface area (Å²) in [7, 11) is 0. The van der Waals surface area contributed by atoms with Gasteiger partial charge in [-0.25, -0.2) is 0 Å². The summed E-state index contributed by atoms with van der Waals surface area (Å²) < 4.78 is 0. The van der Waals surface area contributed by atoms with E-state index in [-0.39, 0.29) is 21.4 Å². The number of benzene rings is 2. The Morgan fingerprint density at radius 2 is 1.74 bits per heavy atom. The molecular formula is C13H9Cl2NO3. The molecule has 98 valence electrons. The lowest BCUT2D eigenvalue weighted by Gasteiger charge is -2.09. The smallest absolute Gasteiger partial charge is 0.285 e. The first-order valence-electron chi connectivity index (χ1n) is 5.29. The van der Waals surface area contributed by atoms with Gasteiger partial charge in [-0.15, -0.1) is 0 Å². The Balaban J connectivity index is 2.11. The third kappa shape index (κ3) is 3.10. The van der Waals surface area contributed by atoms with Crippen LogP contribution < -0.4 is 10.3 Å². The maximum Gasteiger partial charge on any atom is 0.285 e. The number of carbonyl (C=O) groups is 1. The minimum absolute atomic E-state index is 0.0316. The Kier molecular flexibility index (Phi) is 4.14. The lowest BCUT2D eigenvalue weighted by Crippen LogP contribution is -2.27. The summed E-state index contributed by atoms with van der Waals surface area (Å²) in [4.78, 5) is 16.9. The molecule has 0 saturated heterocycles. The molecule has 0 unspecified atom stereocenters. The van der Waals surface area contributed by atoms with Gasteiger partial charge in [0.25, 0.3) is 5.91 Å². The molecule has 0 spiro atoms. The Labute approximate surface area is 119 Å². The van der Waals surface area contributed by atoms with E-state index in [1.807, 2.05) is 6.07 Å². The zero-order chi connectivity index (χ0) is 13.8. The number of rotatable bonds is 3. The van der Waals surface area contributed by atoms with Gasteiger partial charge in [-0.1, -0.05) is 41.4 Å². The van der Waals surface area contributed by atoms with Crippen LogP contribution in [0.1, 0.15) is 10.4 Å². The number of hydroxylamine groups is 1. The standard InChI is InChI=1S/C13H9Cl2NO3/c14-11-9(6-7-10(17)12(11)15)13(18)16-19-8-4-2-1-3-5-8/h1-7,17H,(H,16,18). The van der Waals surface area contributed by atoms with E-state index < -0.39 is 5.91 Å². The Morgan fingerprint density at radius 1 is 1.05 bits per heavy atom. The quantitative estimate of drug-likeness (QED) is 0.854. The van der Waals surface area contributed by atoms with Crippen LogP contribution in [0.3, 0.4) is 0 Å². The average Bonchev–Trinajstić information content (AvgIpc) is 2.43. The van der Waals surface area contributed by atoms with Crippen molar-refractivity contribution in [3.8, 4) is 11.5 Å².